The van der Waals surface area contributed by atoms with E-state index < -0.39 is 12.2 Å². The van der Waals surface area contributed by atoms with Gasteiger partial charge in [-0.3, -0.25) is 0 Å². The van der Waals surface area contributed by atoms with E-state index in [1.165, 1.54) is 7.11 Å². The van der Waals surface area contributed by atoms with Gasteiger partial charge in [0.15, 0.2) is 11.5 Å². The zero-order chi connectivity index (χ0) is 14.3. The van der Waals surface area contributed by atoms with Crippen LogP contribution in [0.5, 0.6) is 11.5 Å². The topological polar surface area (TPSA) is 69.9 Å². The quantitative estimate of drug-likeness (QED) is 0.676. The Kier molecular flexibility index (Phi) is 6.67. The molecule has 1 aromatic carbocycles. The third kappa shape index (κ3) is 5.49. The summed E-state index contributed by atoms with van der Waals surface area (Å²) < 4.78 is 5.04. The van der Waals surface area contributed by atoms with Gasteiger partial charge in [0.1, 0.15) is 0 Å². The minimum atomic E-state index is -0.499. The standard InChI is InChI=1S/C15H24O4/c1-3-4-12(16)10-13(17)7-5-11-6-8-14(18)15(9-11)19-2/h6,8-9,12-13,16-18H,3-5,7,10H2,1-2H3. The summed E-state index contributed by atoms with van der Waals surface area (Å²) in [5, 5.41) is 29.0. The van der Waals surface area contributed by atoms with Crippen LogP contribution in [0.1, 0.15) is 38.2 Å². The summed E-state index contributed by atoms with van der Waals surface area (Å²) in [6.45, 7) is 2.01. The molecule has 0 spiro atoms. The normalized spacial score (nSPS) is 14.1. The third-order valence-corrected chi connectivity index (χ3v) is 3.18. The van der Waals surface area contributed by atoms with Crippen LogP contribution in [0.15, 0.2) is 18.2 Å². The van der Waals surface area contributed by atoms with Crippen molar-refractivity contribution in [1.82, 2.24) is 0 Å². The smallest absolute Gasteiger partial charge is 0.160 e. The summed E-state index contributed by atoms with van der Waals surface area (Å²) in [5.41, 5.74) is 0.999. The molecule has 0 saturated carbocycles. The summed E-state index contributed by atoms with van der Waals surface area (Å²) in [7, 11) is 1.51. The van der Waals surface area contributed by atoms with Crippen LogP contribution in [0.4, 0.5) is 0 Å². The third-order valence-electron chi connectivity index (χ3n) is 3.18. The molecule has 0 bridgehead atoms. The maximum Gasteiger partial charge on any atom is 0.160 e. The van der Waals surface area contributed by atoms with Gasteiger partial charge in [-0.25, -0.2) is 0 Å². The van der Waals surface area contributed by atoms with Crippen LogP contribution in [0.25, 0.3) is 0 Å². The van der Waals surface area contributed by atoms with Gasteiger partial charge in [0.25, 0.3) is 0 Å². The van der Waals surface area contributed by atoms with Crippen molar-refractivity contribution in [2.75, 3.05) is 7.11 Å². The number of aryl methyl sites for hydroxylation is 1. The van der Waals surface area contributed by atoms with E-state index in [9.17, 15) is 15.3 Å². The van der Waals surface area contributed by atoms with E-state index in [1.807, 2.05) is 13.0 Å². The Morgan fingerprint density at radius 1 is 1.16 bits per heavy atom. The molecule has 2 unspecified atom stereocenters. The first kappa shape index (κ1) is 15.8. The Morgan fingerprint density at radius 2 is 1.84 bits per heavy atom. The van der Waals surface area contributed by atoms with Crippen molar-refractivity contribution in [3.05, 3.63) is 23.8 Å². The van der Waals surface area contributed by atoms with Gasteiger partial charge < -0.3 is 20.1 Å². The summed E-state index contributed by atoms with van der Waals surface area (Å²) >= 11 is 0. The average Bonchev–Trinajstić information content (AvgIpc) is 2.38. The molecular formula is C15H24O4. The number of hydrogen-bond donors (Lipinski definition) is 3. The molecule has 19 heavy (non-hydrogen) atoms. The van der Waals surface area contributed by atoms with Crippen LogP contribution in [-0.2, 0) is 6.42 Å². The first-order valence-corrected chi connectivity index (χ1v) is 6.78. The first-order chi connectivity index (χ1) is 9.06. The predicted molar refractivity (Wildman–Crippen MR) is 74.5 cm³/mol. The summed E-state index contributed by atoms with van der Waals surface area (Å²) in [4.78, 5) is 0. The molecular weight excluding hydrogens is 244 g/mol. The van der Waals surface area contributed by atoms with Crippen LogP contribution < -0.4 is 4.74 Å². The molecule has 1 aromatic rings. The van der Waals surface area contributed by atoms with Gasteiger partial charge in [0, 0.05) is 0 Å². The van der Waals surface area contributed by atoms with Crippen molar-refractivity contribution in [2.24, 2.45) is 0 Å². The highest BCUT2D eigenvalue weighted by atomic mass is 16.5. The molecule has 0 fully saturated rings. The van der Waals surface area contributed by atoms with E-state index in [4.69, 9.17) is 4.74 Å². The number of aliphatic hydroxyl groups excluding tert-OH is 2. The van der Waals surface area contributed by atoms with Gasteiger partial charge in [-0.05, 0) is 43.4 Å². The fourth-order valence-electron chi connectivity index (χ4n) is 2.09. The number of rotatable bonds is 8. The maximum absolute atomic E-state index is 9.85. The highest BCUT2D eigenvalue weighted by Crippen LogP contribution is 2.27. The lowest BCUT2D eigenvalue weighted by molar-refractivity contribution is 0.0708. The molecule has 0 radical (unpaired) electrons. The van der Waals surface area contributed by atoms with Crippen molar-refractivity contribution >= 4 is 0 Å². The number of aliphatic hydroxyl groups is 2. The van der Waals surface area contributed by atoms with Gasteiger partial charge in [0.2, 0.25) is 0 Å². The number of methoxy groups -OCH3 is 1. The second kappa shape index (κ2) is 8.02. The van der Waals surface area contributed by atoms with Gasteiger partial charge >= 0.3 is 0 Å². The molecule has 0 amide bonds. The Balaban J connectivity index is 2.43. The monoisotopic (exact) mass is 268 g/mol. The Labute approximate surface area is 114 Å². The lowest BCUT2D eigenvalue weighted by Crippen LogP contribution is -2.18. The number of phenolic OH excluding ortho intramolecular Hbond substituents is 1. The Hall–Kier alpha value is -1.26. The van der Waals surface area contributed by atoms with E-state index in [2.05, 4.69) is 0 Å². The van der Waals surface area contributed by atoms with Crippen molar-refractivity contribution in [3.8, 4) is 11.5 Å². The van der Waals surface area contributed by atoms with Gasteiger partial charge in [-0.1, -0.05) is 19.4 Å². The lowest BCUT2D eigenvalue weighted by Gasteiger charge is -2.15. The average molecular weight is 268 g/mol. The highest BCUT2D eigenvalue weighted by molar-refractivity contribution is 5.41. The van der Waals surface area contributed by atoms with Crippen LogP contribution in [0.3, 0.4) is 0 Å². The van der Waals surface area contributed by atoms with Crippen LogP contribution in [0, 0.1) is 0 Å². The minimum Gasteiger partial charge on any atom is -0.504 e. The molecule has 0 aliphatic carbocycles. The van der Waals surface area contributed by atoms with E-state index in [0.29, 0.717) is 25.0 Å². The van der Waals surface area contributed by atoms with Crippen LogP contribution >= 0.6 is 0 Å². The maximum atomic E-state index is 9.85. The zero-order valence-electron chi connectivity index (χ0n) is 11.7. The Morgan fingerprint density at radius 3 is 2.47 bits per heavy atom. The molecule has 0 saturated heterocycles. The Bertz CT molecular complexity index is 378. The fourth-order valence-corrected chi connectivity index (χ4v) is 2.09. The van der Waals surface area contributed by atoms with Gasteiger partial charge in [0.05, 0.1) is 19.3 Å². The van der Waals surface area contributed by atoms with E-state index in [-0.39, 0.29) is 5.75 Å². The second-order valence-corrected chi connectivity index (χ2v) is 4.88. The predicted octanol–water partition coefficient (Wildman–Crippen LogP) is 2.25. The highest BCUT2D eigenvalue weighted by Gasteiger charge is 2.12. The number of hydrogen-bond acceptors (Lipinski definition) is 4. The molecule has 4 heteroatoms. The lowest BCUT2D eigenvalue weighted by atomic mass is 10.0. The number of aromatic hydroxyl groups is 1. The SMILES string of the molecule is CCCC(O)CC(O)CCc1ccc(O)c(OC)c1. The first-order valence-electron chi connectivity index (χ1n) is 6.78. The summed E-state index contributed by atoms with van der Waals surface area (Å²) in [5.74, 6) is 0.558. The van der Waals surface area contributed by atoms with Gasteiger partial charge in [-0.2, -0.15) is 0 Å². The zero-order valence-corrected chi connectivity index (χ0v) is 11.7. The van der Waals surface area contributed by atoms with E-state index in [1.54, 1.807) is 12.1 Å². The molecule has 108 valence electrons. The molecule has 0 aromatic heterocycles. The molecule has 0 aliphatic rings. The second-order valence-electron chi connectivity index (χ2n) is 4.88. The number of benzene rings is 1. The fraction of sp³-hybridized carbons (Fsp3) is 0.600. The van der Waals surface area contributed by atoms with Crippen molar-refractivity contribution in [2.45, 2.75) is 51.2 Å². The summed E-state index contributed by atoms with van der Waals surface area (Å²) in [6.07, 6.45) is 2.43. The molecule has 3 N–H and O–H groups in total. The minimum absolute atomic E-state index is 0.116. The molecule has 0 heterocycles. The largest absolute Gasteiger partial charge is 0.504 e. The van der Waals surface area contributed by atoms with Gasteiger partial charge in [-0.15, -0.1) is 0 Å². The van der Waals surface area contributed by atoms with Crippen molar-refractivity contribution in [1.29, 1.82) is 0 Å². The molecule has 0 aliphatic heterocycles. The number of ether oxygens (including phenoxy) is 1. The molecule has 4 nitrogen and oxygen atoms in total. The van der Waals surface area contributed by atoms with Crippen molar-refractivity contribution < 1.29 is 20.1 Å². The van der Waals surface area contributed by atoms with E-state index in [0.717, 1.165) is 18.4 Å². The van der Waals surface area contributed by atoms with Crippen LogP contribution in [0.2, 0.25) is 0 Å². The van der Waals surface area contributed by atoms with E-state index >= 15 is 0 Å². The summed E-state index contributed by atoms with van der Waals surface area (Å²) in [6, 6.07) is 5.17. The van der Waals surface area contributed by atoms with Crippen molar-refractivity contribution in [3.63, 3.8) is 0 Å². The molecule has 2 atom stereocenters. The molecule has 1 rings (SSSR count). The van der Waals surface area contributed by atoms with Crippen LogP contribution in [-0.4, -0.2) is 34.6 Å². The number of phenols is 1.